The van der Waals surface area contributed by atoms with Gasteiger partial charge in [-0.3, -0.25) is 0 Å². The van der Waals surface area contributed by atoms with Gasteiger partial charge in [-0.1, -0.05) is 44.2 Å². The van der Waals surface area contributed by atoms with Gasteiger partial charge in [0.2, 0.25) is 0 Å². The first-order valence-electron chi connectivity index (χ1n) is 7.89. The molecule has 0 saturated carbocycles. The number of hydrogen-bond acceptors (Lipinski definition) is 2. The predicted octanol–water partition coefficient (Wildman–Crippen LogP) is 5.84. The summed E-state index contributed by atoms with van der Waals surface area (Å²) >= 11 is 0. The smallest absolute Gasteiger partial charge is 0.0630 e. The van der Waals surface area contributed by atoms with E-state index in [9.17, 15) is 0 Å². The normalized spacial score (nSPS) is 12.5. The molecular formula is C20H20N2. The maximum Gasteiger partial charge on any atom is 0.0630 e. The van der Waals surface area contributed by atoms with E-state index in [1.54, 1.807) is 0 Å². The fourth-order valence-corrected chi connectivity index (χ4v) is 3.14. The Hall–Kier alpha value is -2.48. The Morgan fingerprint density at radius 3 is 2.00 bits per heavy atom. The highest BCUT2D eigenvalue weighted by Gasteiger charge is 2.14. The summed E-state index contributed by atoms with van der Waals surface area (Å²) in [6.45, 7) is 4.53. The molecule has 4 rings (SSSR count). The van der Waals surface area contributed by atoms with Crippen molar-refractivity contribution < 1.29 is 0 Å². The molecule has 0 spiro atoms. The lowest BCUT2D eigenvalue weighted by Gasteiger charge is -2.23. The fourth-order valence-electron chi connectivity index (χ4n) is 3.14. The summed E-state index contributed by atoms with van der Waals surface area (Å²) in [6, 6.07) is 19.6. The summed E-state index contributed by atoms with van der Waals surface area (Å²) in [6.07, 6.45) is 1.13. The zero-order valence-electron chi connectivity index (χ0n) is 13.0. The number of nitrogens with one attached hydrogen (secondary N) is 2. The molecule has 1 heterocycles. The highest BCUT2D eigenvalue weighted by molar-refractivity contribution is 5.98. The minimum absolute atomic E-state index is 0.682. The minimum atomic E-state index is 0.682. The van der Waals surface area contributed by atoms with Gasteiger partial charge in [0.25, 0.3) is 0 Å². The fraction of sp³-hybridized carbons (Fsp3) is 0.200. The Bertz CT molecular complexity index is 849. The Kier molecular flexibility index (Phi) is 3.04. The molecule has 0 unspecified atom stereocenters. The quantitative estimate of drug-likeness (QED) is 0.484. The van der Waals surface area contributed by atoms with Crippen LogP contribution in [0, 0.1) is 5.92 Å². The summed E-state index contributed by atoms with van der Waals surface area (Å²) in [5, 5.41) is 9.62. The first-order chi connectivity index (χ1) is 10.7. The molecule has 0 aromatic heterocycles. The van der Waals surface area contributed by atoms with Crippen LogP contribution in [0.15, 0.2) is 54.6 Å². The van der Waals surface area contributed by atoms with E-state index in [-0.39, 0.29) is 0 Å². The summed E-state index contributed by atoms with van der Waals surface area (Å²) in [7, 11) is 0. The van der Waals surface area contributed by atoms with Gasteiger partial charge in [-0.25, -0.2) is 0 Å². The summed E-state index contributed by atoms with van der Waals surface area (Å²) in [4.78, 5) is 0. The number of hydrogen-bond donors (Lipinski definition) is 2. The monoisotopic (exact) mass is 288 g/mol. The molecule has 0 radical (unpaired) electrons. The molecule has 3 aromatic rings. The molecule has 2 N–H and O–H groups in total. The van der Waals surface area contributed by atoms with Gasteiger partial charge in [0.15, 0.2) is 0 Å². The van der Waals surface area contributed by atoms with Gasteiger partial charge in [-0.15, -0.1) is 0 Å². The highest BCUT2D eigenvalue weighted by Crippen LogP contribution is 2.40. The molecule has 22 heavy (non-hydrogen) atoms. The third-order valence-electron chi connectivity index (χ3n) is 4.15. The van der Waals surface area contributed by atoms with E-state index in [4.69, 9.17) is 0 Å². The standard InChI is InChI=1S/C20H20N2/c1-13(2)9-14-7-8-15-11-19-20(12-16(15)10-14)22-18-6-4-3-5-17(18)21-19/h3-8,10-13,21-22H,9H2,1-2H3. The highest BCUT2D eigenvalue weighted by atomic mass is 15.0. The van der Waals surface area contributed by atoms with Crippen LogP contribution in [0.4, 0.5) is 22.7 Å². The van der Waals surface area contributed by atoms with Gasteiger partial charge in [0.05, 0.1) is 22.7 Å². The topological polar surface area (TPSA) is 24.1 Å². The molecule has 2 nitrogen and oxygen atoms in total. The number of fused-ring (bicyclic) bond motifs is 3. The Morgan fingerprint density at radius 2 is 1.36 bits per heavy atom. The maximum atomic E-state index is 3.53. The largest absolute Gasteiger partial charge is 0.352 e. The van der Waals surface area contributed by atoms with Crippen molar-refractivity contribution in [3.8, 4) is 0 Å². The van der Waals surface area contributed by atoms with Crippen LogP contribution in [-0.2, 0) is 6.42 Å². The predicted molar refractivity (Wildman–Crippen MR) is 95.5 cm³/mol. The Balaban J connectivity index is 1.78. The van der Waals surface area contributed by atoms with Crippen molar-refractivity contribution in [3.05, 3.63) is 60.2 Å². The van der Waals surface area contributed by atoms with E-state index < -0.39 is 0 Å². The molecule has 0 amide bonds. The molecule has 1 aliphatic rings. The lowest BCUT2D eigenvalue weighted by molar-refractivity contribution is 0.648. The van der Waals surface area contributed by atoms with Gasteiger partial charge in [0.1, 0.15) is 0 Å². The molecule has 0 bridgehead atoms. The summed E-state index contributed by atoms with van der Waals surface area (Å²) in [5.74, 6) is 0.682. The van der Waals surface area contributed by atoms with Crippen molar-refractivity contribution in [2.45, 2.75) is 20.3 Å². The molecule has 1 aliphatic heterocycles. The van der Waals surface area contributed by atoms with Gasteiger partial charge >= 0.3 is 0 Å². The third kappa shape index (κ3) is 2.31. The van der Waals surface area contributed by atoms with Crippen LogP contribution in [-0.4, -0.2) is 0 Å². The van der Waals surface area contributed by atoms with Gasteiger partial charge in [-0.2, -0.15) is 0 Å². The summed E-state index contributed by atoms with van der Waals surface area (Å²) < 4.78 is 0. The summed E-state index contributed by atoms with van der Waals surface area (Å²) in [5.41, 5.74) is 5.96. The van der Waals surface area contributed by atoms with Crippen LogP contribution >= 0.6 is 0 Å². The average molecular weight is 288 g/mol. The van der Waals surface area contributed by atoms with Crippen molar-refractivity contribution >= 4 is 33.5 Å². The molecular weight excluding hydrogens is 268 g/mol. The van der Waals surface area contributed by atoms with E-state index in [1.807, 2.05) is 0 Å². The Labute approximate surface area is 131 Å². The van der Waals surface area contributed by atoms with Crippen LogP contribution in [0.3, 0.4) is 0 Å². The molecule has 3 aromatic carbocycles. The van der Waals surface area contributed by atoms with E-state index in [0.717, 1.165) is 29.2 Å². The zero-order chi connectivity index (χ0) is 15.1. The van der Waals surface area contributed by atoms with Gasteiger partial charge in [0, 0.05) is 0 Å². The van der Waals surface area contributed by atoms with Crippen molar-refractivity contribution in [1.82, 2.24) is 0 Å². The lowest BCUT2D eigenvalue weighted by atomic mass is 9.98. The molecule has 2 heteroatoms. The number of benzene rings is 3. The Morgan fingerprint density at radius 1 is 0.727 bits per heavy atom. The first-order valence-corrected chi connectivity index (χ1v) is 7.89. The van der Waals surface area contributed by atoms with Crippen molar-refractivity contribution in [2.75, 3.05) is 10.6 Å². The molecule has 0 fully saturated rings. The van der Waals surface area contributed by atoms with Crippen LogP contribution < -0.4 is 10.6 Å². The number of rotatable bonds is 2. The minimum Gasteiger partial charge on any atom is -0.352 e. The molecule has 110 valence electrons. The second-order valence-corrected chi connectivity index (χ2v) is 6.47. The second-order valence-electron chi connectivity index (χ2n) is 6.47. The maximum absolute atomic E-state index is 3.53. The van der Waals surface area contributed by atoms with E-state index in [2.05, 4.69) is 79.1 Å². The molecule has 0 aliphatic carbocycles. The van der Waals surface area contributed by atoms with Crippen molar-refractivity contribution in [2.24, 2.45) is 5.92 Å². The van der Waals surface area contributed by atoms with Crippen LogP contribution in [0.25, 0.3) is 10.8 Å². The van der Waals surface area contributed by atoms with Crippen LogP contribution in [0.5, 0.6) is 0 Å². The third-order valence-corrected chi connectivity index (χ3v) is 4.15. The number of anilines is 4. The average Bonchev–Trinajstić information content (AvgIpc) is 2.50. The van der Waals surface area contributed by atoms with E-state index in [0.29, 0.717) is 5.92 Å². The molecule has 0 saturated heterocycles. The van der Waals surface area contributed by atoms with Crippen LogP contribution in [0.1, 0.15) is 19.4 Å². The first kappa shape index (κ1) is 13.2. The van der Waals surface area contributed by atoms with Crippen LogP contribution in [0.2, 0.25) is 0 Å². The van der Waals surface area contributed by atoms with Crippen molar-refractivity contribution in [1.29, 1.82) is 0 Å². The van der Waals surface area contributed by atoms with Gasteiger partial charge in [-0.05, 0) is 52.9 Å². The second kappa shape index (κ2) is 5.06. The lowest BCUT2D eigenvalue weighted by Crippen LogP contribution is -2.06. The number of para-hydroxylation sites is 2. The van der Waals surface area contributed by atoms with E-state index in [1.165, 1.54) is 16.3 Å². The SMILES string of the molecule is CC(C)Cc1ccc2cc3c(cc2c1)Nc1ccccc1N3. The van der Waals surface area contributed by atoms with E-state index >= 15 is 0 Å². The van der Waals surface area contributed by atoms with Gasteiger partial charge < -0.3 is 10.6 Å². The molecule has 0 atom stereocenters. The zero-order valence-corrected chi connectivity index (χ0v) is 13.0. The van der Waals surface area contributed by atoms with Crippen molar-refractivity contribution in [3.63, 3.8) is 0 Å².